The Morgan fingerprint density at radius 1 is 1.50 bits per heavy atom. The molecule has 5 nitrogen and oxygen atoms in total. The summed E-state index contributed by atoms with van der Waals surface area (Å²) >= 11 is 5.97. The predicted molar refractivity (Wildman–Crippen MR) is 99.9 cm³/mol. The van der Waals surface area contributed by atoms with Gasteiger partial charge in [-0.05, 0) is 49.5 Å². The summed E-state index contributed by atoms with van der Waals surface area (Å²) in [5.74, 6) is -0.0374. The number of nitrogens with zero attached hydrogens (tertiary/aromatic N) is 3. The molecule has 0 aliphatic carbocycles. The van der Waals surface area contributed by atoms with Crippen LogP contribution in [0.2, 0.25) is 5.02 Å². The van der Waals surface area contributed by atoms with Crippen LogP contribution in [-0.2, 0) is 11.2 Å². The number of hydrogen-bond acceptors (Lipinski definition) is 4. The average molecular weight is 375 g/mol. The minimum atomic E-state index is -0.436. The van der Waals surface area contributed by atoms with Gasteiger partial charge in [-0.2, -0.15) is 0 Å². The molecule has 1 amide bonds. The highest BCUT2D eigenvalue weighted by Gasteiger charge is 2.24. The van der Waals surface area contributed by atoms with Crippen molar-refractivity contribution in [3.05, 3.63) is 59.7 Å². The molecule has 0 unspecified atom stereocenters. The molecule has 7 heteroatoms. The molecule has 0 saturated carbocycles. The Balaban J connectivity index is 1.71. The molecule has 1 aliphatic rings. The number of carbonyl (C=O) groups is 1. The zero-order valence-electron chi connectivity index (χ0n) is 14.3. The van der Waals surface area contributed by atoms with Crippen molar-refractivity contribution in [1.82, 2.24) is 14.9 Å². The van der Waals surface area contributed by atoms with Gasteiger partial charge in [0.05, 0.1) is 11.9 Å². The van der Waals surface area contributed by atoms with E-state index in [0.29, 0.717) is 29.6 Å². The van der Waals surface area contributed by atoms with Crippen LogP contribution >= 0.6 is 11.6 Å². The van der Waals surface area contributed by atoms with Gasteiger partial charge >= 0.3 is 0 Å². The van der Waals surface area contributed by atoms with E-state index in [4.69, 9.17) is 11.6 Å². The number of likely N-dealkylation sites (tertiary alicyclic amines) is 1. The molecule has 3 rings (SSSR count). The molecule has 2 aromatic rings. The molecule has 2 heterocycles. The van der Waals surface area contributed by atoms with Crippen molar-refractivity contribution in [3.63, 3.8) is 0 Å². The number of piperidine rings is 1. The lowest BCUT2D eigenvalue weighted by Crippen LogP contribution is -2.39. The van der Waals surface area contributed by atoms with Crippen LogP contribution in [0, 0.1) is 11.7 Å². The smallest absolute Gasteiger partial charge is 0.245 e. The predicted octanol–water partition coefficient (Wildman–Crippen LogP) is 3.98. The Hall–Kier alpha value is -2.47. The summed E-state index contributed by atoms with van der Waals surface area (Å²) < 4.78 is 14.2. The molecular weight excluding hydrogens is 355 g/mol. The Morgan fingerprint density at radius 3 is 3.12 bits per heavy atom. The number of nitrogens with one attached hydrogen (secondary N) is 1. The van der Waals surface area contributed by atoms with E-state index in [2.05, 4.69) is 21.9 Å². The molecule has 1 saturated heterocycles. The van der Waals surface area contributed by atoms with Gasteiger partial charge in [0.1, 0.15) is 0 Å². The van der Waals surface area contributed by atoms with Gasteiger partial charge in [-0.3, -0.25) is 4.79 Å². The first-order chi connectivity index (χ1) is 12.5. The summed E-state index contributed by atoms with van der Waals surface area (Å²) in [6, 6.07) is 7.15. The second kappa shape index (κ2) is 8.27. The zero-order chi connectivity index (χ0) is 18.5. The first-order valence-corrected chi connectivity index (χ1v) is 8.88. The van der Waals surface area contributed by atoms with E-state index in [1.807, 2.05) is 12.1 Å². The lowest BCUT2D eigenvalue weighted by molar-refractivity contribution is -0.127. The third-order valence-electron chi connectivity index (χ3n) is 4.38. The first kappa shape index (κ1) is 18.3. The van der Waals surface area contributed by atoms with Crippen LogP contribution in [0.5, 0.6) is 0 Å². The lowest BCUT2D eigenvalue weighted by Gasteiger charge is -2.32. The molecule has 136 valence electrons. The fourth-order valence-electron chi connectivity index (χ4n) is 3.14. The van der Waals surface area contributed by atoms with Gasteiger partial charge in [0.25, 0.3) is 0 Å². The van der Waals surface area contributed by atoms with Gasteiger partial charge in [-0.15, -0.1) is 0 Å². The minimum Gasteiger partial charge on any atom is -0.339 e. The van der Waals surface area contributed by atoms with Crippen molar-refractivity contribution in [1.29, 1.82) is 0 Å². The number of anilines is 2. The van der Waals surface area contributed by atoms with Gasteiger partial charge in [0.15, 0.2) is 5.82 Å². The van der Waals surface area contributed by atoms with Gasteiger partial charge in [0, 0.05) is 23.8 Å². The van der Waals surface area contributed by atoms with Crippen LogP contribution in [0.1, 0.15) is 18.5 Å². The maximum Gasteiger partial charge on any atom is 0.245 e. The van der Waals surface area contributed by atoms with Crippen LogP contribution < -0.4 is 5.32 Å². The molecule has 0 spiro atoms. The topological polar surface area (TPSA) is 58.1 Å². The normalized spacial score (nSPS) is 17.0. The van der Waals surface area contributed by atoms with Crippen molar-refractivity contribution in [2.75, 3.05) is 18.4 Å². The highest BCUT2D eigenvalue weighted by atomic mass is 35.5. The summed E-state index contributed by atoms with van der Waals surface area (Å²) in [7, 11) is 0. The molecule has 1 N–H and O–H groups in total. The van der Waals surface area contributed by atoms with E-state index in [-0.39, 0.29) is 11.8 Å². The number of halogens is 2. The maximum absolute atomic E-state index is 14.2. The van der Waals surface area contributed by atoms with Crippen molar-refractivity contribution in [2.45, 2.75) is 19.3 Å². The van der Waals surface area contributed by atoms with Gasteiger partial charge in [-0.25, -0.2) is 14.4 Å². The molecule has 1 fully saturated rings. The monoisotopic (exact) mass is 374 g/mol. The van der Waals surface area contributed by atoms with E-state index in [1.165, 1.54) is 12.3 Å². The zero-order valence-corrected chi connectivity index (χ0v) is 15.0. The Bertz CT molecular complexity index is 814. The standard InChI is InChI=1S/C19H20ClFN4O/c1-2-18(26)25-8-4-5-13(12-25)9-17-16(21)11-22-19(24-17)23-15-7-3-6-14(20)10-15/h2-3,6-7,10-11,13H,1,4-5,8-9,12H2,(H,22,23,24)/t13-/m0/s1. The molecule has 26 heavy (non-hydrogen) atoms. The summed E-state index contributed by atoms with van der Waals surface area (Å²) in [4.78, 5) is 21.9. The summed E-state index contributed by atoms with van der Waals surface area (Å²) in [6.45, 7) is 4.83. The molecule has 1 aromatic heterocycles. The number of carbonyl (C=O) groups excluding carboxylic acids is 1. The quantitative estimate of drug-likeness (QED) is 0.804. The van der Waals surface area contributed by atoms with Crippen LogP contribution in [0.25, 0.3) is 0 Å². The van der Waals surface area contributed by atoms with Gasteiger partial charge in [-0.1, -0.05) is 24.2 Å². The highest BCUT2D eigenvalue weighted by Crippen LogP contribution is 2.23. The fraction of sp³-hybridized carbons (Fsp3) is 0.316. The van der Waals surface area contributed by atoms with Crippen LogP contribution in [-0.4, -0.2) is 33.9 Å². The molecule has 0 bridgehead atoms. The molecule has 1 atom stereocenters. The number of amides is 1. The Morgan fingerprint density at radius 2 is 2.35 bits per heavy atom. The highest BCUT2D eigenvalue weighted by molar-refractivity contribution is 6.30. The third-order valence-corrected chi connectivity index (χ3v) is 4.62. The summed E-state index contributed by atoms with van der Waals surface area (Å²) in [6.07, 6.45) is 4.77. The fourth-order valence-corrected chi connectivity index (χ4v) is 3.33. The van der Waals surface area contributed by atoms with Crippen LogP contribution in [0.4, 0.5) is 16.0 Å². The SMILES string of the molecule is C=CC(=O)N1CCC[C@@H](Cc2nc(Nc3cccc(Cl)c3)ncc2F)C1. The van der Waals surface area contributed by atoms with Gasteiger partial charge in [0.2, 0.25) is 11.9 Å². The van der Waals surface area contributed by atoms with E-state index in [1.54, 1.807) is 17.0 Å². The van der Waals surface area contributed by atoms with E-state index < -0.39 is 5.82 Å². The molecular formula is C19H20ClFN4O. The molecule has 1 aromatic carbocycles. The first-order valence-electron chi connectivity index (χ1n) is 8.50. The van der Waals surface area contributed by atoms with Crippen LogP contribution in [0.3, 0.4) is 0 Å². The number of rotatable bonds is 5. The van der Waals surface area contributed by atoms with Gasteiger partial charge < -0.3 is 10.2 Å². The minimum absolute atomic E-state index is 0.0822. The Kier molecular flexibility index (Phi) is 5.83. The second-order valence-corrected chi connectivity index (χ2v) is 6.76. The van der Waals surface area contributed by atoms with Crippen molar-refractivity contribution in [2.24, 2.45) is 5.92 Å². The summed E-state index contributed by atoms with van der Waals surface area (Å²) in [5.41, 5.74) is 1.08. The van der Waals surface area contributed by atoms with Crippen molar-refractivity contribution < 1.29 is 9.18 Å². The van der Waals surface area contributed by atoms with E-state index >= 15 is 0 Å². The number of aromatic nitrogens is 2. The lowest BCUT2D eigenvalue weighted by atomic mass is 9.93. The molecule has 0 radical (unpaired) electrons. The number of benzene rings is 1. The van der Waals surface area contributed by atoms with E-state index in [0.717, 1.165) is 25.1 Å². The largest absolute Gasteiger partial charge is 0.339 e. The third kappa shape index (κ3) is 4.58. The average Bonchev–Trinajstić information content (AvgIpc) is 2.64. The molecule has 1 aliphatic heterocycles. The number of hydrogen-bond donors (Lipinski definition) is 1. The Labute approximate surface area is 156 Å². The van der Waals surface area contributed by atoms with Crippen molar-refractivity contribution >= 4 is 29.1 Å². The van der Waals surface area contributed by atoms with Crippen molar-refractivity contribution in [3.8, 4) is 0 Å². The van der Waals surface area contributed by atoms with E-state index in [9.17, 15) is 9.18 Å². The van der Waals surface area contributed by atoms with Crippen LogP contribution in [0.15, 0.2) is 43.1 Å². The summed E-state index contributed by atoms with van der Waals surface area (Å²) in [5, 5.41) is 3.62. The maximum atomic E-state index is 14.2. The second-order valence-electron chi connectivity index (χ2n) is 6.32.